The van der Waals surface area contributed by atoms with Crippen molar-refractivity contribution in [2.75, 3.05) is 0 Å². The van der Waals surface area contributed by atoms with Crippen molar-refractivity contribution in [3.05, 3.63) is 0 Å². The molecule has 0 bridgehead atoms. The Hall–Kier alpha value is -0.570. The van der Waals surface area contributed by atoms with Crippen LogP contribution in [0.2, 0.25) is 0 Å². The second kappa shape index (κ2) is 4.28. The molecule has 1 N–H and O–H groups in total. The van der Waals surface area contributed by atoms with Gasteiger partial charge in [0.25, 0.3) is 0 Å². The fourth-order valence-corrected chi connectivity index (χ4v) is 0.711. The number of rotatable bonds is 3. The average molecular weight is 149 g/mol. The van der Waals surface area contributed by atoms with Crippen LogP contribution in [-0.4, -0.2) is 23.3 Å². The van der Waals surface area contributed by atoms with Crippen LogP contribution in [0.4, 0.5) is 0 Å². The number of carbonyl (C=O) groups is 1. The molecule has 0 saturated carbocycles. The highest BCUT2D eigenvalue weighted by molar-refractivity contribution is 5.66. The summed E-state index contributed by atoms with van der Waals surface area (Å²) in [5.74, 6) is -1.22. The lowest BCUT2D eigenvalue weighted by Crippen LogP contribution is -2.17. The SMILES string of the molecule is [2H]C([2H])([2H])C(=O)O[C@@H](C)C[C@@H](C)O. The second-order valence-corrected chi connectivity index (χ2v) is 2.30. The van der Waals surface area contributed by atoms with Crippen molar-refractivity contribution in [2.24, 2.45) is 0 Å². The van der Waals surface area contributed by atoms with Crippen LogP contribution in [0.15, 0.2) is 0 Å². The Morgan fingerprint density at radius 2 is 2.40 bits per heavy atom. The van der Waals surface area contributed by atoms with Crippen LogP contribution >= 0.6 is 0 Å². The molecule has 0 radical (unpaired) electrons. The molecule has 0 aromatic carbocycles. The summed E-state index contributed by atoms with van der Waals surface area (Å²) < 4.78 is 24.7. The second-order valence-electron chi connectivity index (χ2n) is 2.30. The zero-order chi connectivity index (χ0) is 10.6. The van der Waals surface area contributed by atoms with Gasteiger partial charge < -0.3 is 9.84 Å². The van der Waals surface area contributed by atoms with E-state index < -0.39 is 25.0 Å². The summed E-state index contributed by atoms with van der Waals surface area (Å²) in [5, 5.41) is 8.91. The highest BCUT2D eigenvalue weighted by atomic mass is 16.5. The Morgan fingerprint density at radius 3 is 2.80 bits per heavy atom. The van der Waals surface area contributed by atoms with Gasteiger partial charge in [0.15, 0.2) is 0 Å². The fraction of sp³-hybridized carbons (Fsp3) is 0.857. The Balaban J connectivity index is 3.93. The van der Waals surface area contributed by atoms with Crippen molar-refractivity contribution in [1.29, 1.82) is 0 Å². The Morgan fingerprint density at radius 1 is 1.80 bits per heavy atom. The number of carbonyl (C=O) groups excluding carboxylic acids is 1. The quantitative estimate of drug-likeness (QED) is 0.601. The summed E-state index contributed by atoms with van der Waals surface area (Å²) in [6, 6.07) is 0. The molecular formula is C7H14O3. The van der Waals surface area contributed by atoms with E-state index in [1.807, 2.05) is 0 Å². The summed E-state index contributed by atoms with van der Waals surface area (Å²) in [6.45, 7) is 0.364. The van der Waals surface area contributed by atoms with Crippen molar-refractivity contribution in [3.63, 3.8) is 0 Å². The molecular weight excluding hydrogens is 132 g/mol. The van der Waals surface area contributed by atoms with Crippen molar-refractivity contribution in [3.8, 4) is 0 Å². The zero-order valence-electron chi connectivity index (χ0n) is 9.13. The van der Waals surface area contributed by atoms with E-state index in [0.717, 1.165) is 0 Å². The third-order valence-corrected chi connectivity index (χ3v) is 0.981. The van der Waals surface area contributed by atoms with Crippen LogP contribution < -0.4 is 0 Å². The first-order valence-corrected chi connectivity index (χ1v) is 3.12. The number of ether oxygens (including phenoxy) is 1. The lowest BCUT2D eigenvalue weighted by atomic mass is 10.2. The summed E-state index contributed by atoms with van der Waals surface area (Å²) in [5.41, 5.74) is 0. The summed E-state index contributed by atoms with van der Waals surface area (Å²) in [7, 11) is 0. The molecule has 0 aromatic heterocycles. The van der Waals surface area contributed by atoms with Gasteiger partial charge in [0, 0.05) is 17.4 Å². The van der Waals surface area contributed by atoms with Crippen LogP contribution in [0.1, 0.15) is 31.2 Å². The van der Waals surface area contributed by atoms with Crippen LogP contribution in [-0.2, 0) is 9.53 Å². The molecule has 10 heavy (non-hydrogen) atoms. The smallest absolute Gasteiger partial charge is 0.302 e. The van der Waals surface area contributed by atoms with Gasteiger partial charge in [-0.05, 0) is 13.8 Å². The van der Waals surface area contributed by atoms with Gasteiger partial charge in [-0.3, -0.25) is 4.79 Å². The lowest BCUT2D eigenvalue weighted by Gasteiger charge is -2.12. The van der Waals surface area contributed by atoms with Gasteiger partial charge in [0.05, 0.1) is 6.10 Å². The molecule has 2 atom stereocenters. The normalized spacial score (nSPS) is 21.7. The molecule has 0 amide bonds. The minimum absolute atomic E-state index is 0.238. The van der Waals surface area contributed by atoms with Crippen molar-refractivity contribution in [2.45, 2.75) is 39.3 Å². The van der Waals surface area contributed by atoms with Gasteiger partial charge in [-0.2, -0.15) is 0 Å². The maximum Gasteiger partial charge on any atom is 0.302 e. The van der Waals surface area contributed by atoms with E-state index in [2.05, 4.69) is 4.74 Å². The lowest BCUT2D eigenvalue weighted by molar-refractivity contribution is -0.146. The van der Waals surface area contributed by atoms with E-state index in [1.165, 1.54) is 6.92 Å². The number of aliphatic hydroxyl groups excluding tert-OH is 1. The van der Waals surface area contributed by atoms with Gasteiger partial charge in [-0.15, -0.1) is 0 Å². The van der Waals surface area contributed by atoms with E-state index in [1.54, 1.807) is 6.92 Å². The standard InChI is InChI=1S/C7H14O3/c1-5(8)4-6(2)10-7(3)9/h5-6,8H,4H2,1-3H3/t5-,6+/m1/s1/i3D3. The first-order chi connectivity index (χ1) is 5.73. The van der Waals surface area contributed by atoms with E-state index in [9.17, 15) is 4.79 Å². The monoisotopic (exact) mass is 149 g/mol. The third kappa shape index (κ3) is 5.56. The molecule has 0 fully saturated rings. The predicted octanol–water partition coefficient (Wildman–Crippen LogP) is 0.709. The van der Waals surface area contributed by atoms with Crippen molar-refractivity contribution < 1.29 is 18.8 Å². The van der Waals surface area contributed by atoms with Crippen molar-refractivity contribution in [1.82, 2.24) is 0 Å². The van der Waals surface area contributed by atoms with Crippen LogP contribution in [0.3, 0.4) is 0 Å². The van der Waals surface area contributed by atoms with E-state index in [-0.39, 0.29) is 6.42 Å². The largest absolute Gasteiger partial charge is 0.463 e. The summed E-state index contributed by atoms with van der Waals surface area (Å²) >= 11 is 0. The van der Waals surface area contributed by atoms with Gasteiger partial charge in [-0.25, -0.2) is 0 Å². The van der Waals surface area contributed by atoms with Gasteiger partial charge >= 0.3 is 5.97 Å². The number of hydrogen-bond donors (Lipinski definition) is 1. The average Bonchev–Trinajstić information content (AvgIpc) is 1.82. The molecule has 0 heterocycles. The van der Waals surface area contributed by atoms with E-state index in [4.69, 9.17) is 9.22 Å². The Bertz CT molecular complexity index is 176. The molecule has 3 heteroatoms. The van der Waals surface area contributed by atoms with Crippen LogP contribution in [0.5, 0.6) is 0 Å². The third-order valence-electron chi connectivity index (χ3n) is 0.981. The highest BCUT2D eigenvalue weighted by Gasteiger charge is 2.07. The molecule has 0 aliphatic heterocycles. The van der Waals surface area contributed by atoms with Crippen molar-refractivity contribution >= 4 is 5.97 Å². The molecule has 0 unspecified atom stereocenters. The Kier molecular flexibility index (Phi) is 2.19. The zero-order valence-corrected chi connectivity index (χ0v) is 6.13. The first-order valence-electron chi connectivity index (χ1n) is 4.62. The minimum Gasteiger partial charge on any atom is -0.463 e. The van der Waals surface area contributed by atoms with E-state index in [0.29, 0.717) is 0 Å². The molecule has 0 aromatic rings. The number of hydrogen-bond acceptors (Lipinski definition) is 3. The molecule has 0 spiro atoms. The summed E-state index contributed by atoms with van der Waals surface area (Å²) in [4.78, 5) is 10.8. The maximum absolute atomic E-state index is 10.8. The van der Waals surface area contributed by atoms with Crippen LogP contribution in [0.25, 0.3) is 0 Å². The van der Waals surface area contributed by atoms with Gasteiger partial charge in [-0.1, -0.05) is 0 Å². The number of aliphatic hydroxyl groups is 1. The molecule has 0 aliphatic carbocycles. The highest BCUT2D eigenvalue weighted by Crippen LogP contribution is 2.01. The van der Waals surface area contributed by atoms with Gasteiger partial charge in [0.1, 0.15) is 6.10 Å². The van der Waals surface area contributed by atoms with Gasteiger partial charge in [0.2, 0.25) is 0 Å². The molecule has 0 aliphatic rings. The maximum atomic E-state index is 10.8. The molecule has 0 saturated heterocycles. The molecule has 0 rings (SSSR count). The topological polar surface area (TPSA) is 46.5 Å². The minimum atomic E-state index is -2.72. The van der Waals surface area contributed by atoms with Crippen LogP contribution in [0, 0.1) is 0 Å². The fourth-order valence-electron chi connectivity index (χ4n) is 0.711. The first kappa shape index (κ1) is 5.13. The molecule has 60 valence electrons. The summed E-state index contributed by atoms with van der Waals surface area (Å²) in [6.07, 6.45) is -0.950. The Labute approximate surface area is 65.2 Å². The molecule has 3 nitrogen and oxygen atoms in total. The predicted molar refractivity (Wildman–Crippen MR) is 37.5 cm³/mol. The number of esters is 1. The van der Waals surface area contributed by atoms with E-state index >= 15 is 0 Å².